The third kappa shape index (κ3) is 3.40. The molecular formula is C19H17N5O. The second-order valence-electron chi connectivity index (χ2n) is 5.85. The number of aryl methyl sites for hydroxylation is 3. The monoisotopic (exact) mass is 331 g/mol. The summed E-state index contributed by atoms with van der Waals surface area (Å²) in [7, 11) is 1.85. The highest BCUT2D eigenvalue weighted by atomic mass is 16.1. The van der Waals surface area contributed by atoms with E-state index >= 15 is 0 Å². The van der Waals surface area contributed by atoms with Crippen LogP contribution in [-0.4, -0.2) is 20.7 Å². The SMILES string of the molecule is Cc1ccc(C#N)c(NC(=O)c2cc(-c3cn(C)nc3C)ccn2)c1. The molecular weight excluding hydrogens is 314 g/mol. The van der Waals surface area contributed by atoms with Crippen molar-refractivity contribution in [3.8, 4) is 17.2 Å². The second kappa shape index (κ2) is 6.57. The molecule has 0 aliphatic rings. The molecule has 2 aromatic heterocycles. The van der Waals surface area contributed by atoms with Crippen molar-refractivity contribution in [2.24, 2.45) is 7.05 Å². The third-order valence-electron chi connectivity index (χ3n) is 3.86. The Labute approximate surface area is 145 Å². The number of pyridine rings is 1. The lowest BCUT2D eigenvalue weighted by Crippen LogP contribution is -2.14. The Balaban J connectivity index is 1.92. The van der Waals surface area contributed by atoms with Crippen molar-refractivity contribution < 1.29 is 4.79 Å². The molecule has 1 amide bonds. The van der Waals surface area contributed by atoms with Gasteiger partial charge in [-0.2, -0.15) is 10.4 Å². The van der Waals surface area contributed by atoms with E-state index in [1.807, 2.05) is 39.2 Å². The number of hydrogen-bond acceptors (Lipinski definition) is 4. The maximum Gasteiger partial charge on any atom is 0.274 e. The molecule has 0 bridgehead atoms. The highest BCUT2D eigenvalue weighted by Crippen LogP contribution is 2.23. The van der Waals surface area contributed by atoms with Crippen LogP contribution in [-0.2, 0) is 7.05 Å². The first kappa shape index (κ1) is 16.4. The van der Waals surface area contributed by atoms with Gasteiger partial charge in [0.1, 0.15) is 11.8 Å². The van der Waals surface area contributed by atoms with Crippen molar-refractivity contribution in [1.82, 2.24) is 14.8 Å². The summed E-state index contributed by atoms with van der Waals surface area (Å²) in [6, 6.07) is 10.9. The Hall–Kier alpha value is -3.46. The molecule has 0 atom stereocenters. The van der Waals surface area contributed by atoms with Gasteiger partial charge in [0.15, 0.2) is 0 Å². The molecule has 0 saturated carbocycles. The van der Waals surface area contributed by atoms with Crippen LogP contribution in [0.2, 0.25) is 0 Å². The summed E-state index contributed by atoms with van der Waals surface area (Å²) < 4.78 is 1.73. The number of hydrogen-bond donors (Lipinski definition) is 1. The molecule has 6 nitrogen and oxygen atoms in total. The number of nitrogens with zero attached hydrogens (tertiary/aromatic N) is 4. The molecule has 0 fully saturated rings. The lowest BCUT2D eigenvalue weighted by atomic mass is 10.1. The average molecular weight is 331 g/mol. The molecule has 1 N–H and O–H groups in total. The van der Waals surface area contributed by atoms with E-state index in [-0.39, 0.29) is 11.6 Å². The van der Waals surface area contributed by atoms with Gasteiger partial charge in [-0.3, -0.25) is 14.5 Å². The Kier molecular flexibility index (Phi) is 4.31. The smallest absolute Gasteiger partial charge is 0.274 e. The predicted molar refractivity (Wildman–Crippen MR) is 95.0 cm³/mol. The van der Waals surface area contributed by atoms with Crippen LogP contribution in [0.1, 0.15) is 27.3 Å². The van der Waals surface area contributed by atoms with E-state index in [0.29, 0.717) is 11.3 Å². The molecule has 0 aliphatic heterocycles. The normalized spacial score (nSPS) is 10.3. The van der Waals surface area contributed by atoms with Crippen LogP contribution in [0, 0.1) is 25.2 Å². The van der Waals surface area contributed by atoms with Crippen LogP contribution in [0.4, 0.5) is 5.69 Å². The fourth-order valence-electron chi connectivity index (χ4n) is 2.65. The van der Waals surface area contributed by atoms with Crippen molar-refractivity contribution >= 4 is 11.6 Å². The number of carbonyl (C=O) groups excluding carboxylic acids is 1. The van der Waals surface area contributed by atoms with Gasteiger partial charge in [-0.15, -0.1) is 0 Å². The zero-order valence-electron chi connectivity index (χ0n) is 14.2. The highest BCUT2D eigenvalue weighted by molar-refractivity contribution is 6.04. The molecule has 124 valence electrons. The molecule has 0 unspecified atom stereocenters. The zero-order valence-corrected chi connectivity index (χ0v) is 14.2. The van der Waals surface area contributed by atoms with Crippen molar-refractivity contribution in [1.29, 1.82) is 5.26 Å². The van der Waals surface area contributed by atoms with Crippen LogP contribution >= 0.6 is 0 Å². The lowest BCUT2D eigenvalue weighted by molar-refractivity contribution is 0.102. The Bertz CT molecular complexity index is 997. The van der Waals surface area contributed by atoms with Crippen molar-refractivity contribution in [2.45, 2.75) is 13.8 Å². The first-order chi connectivity index (χ1) is 12.0. The van der Waals surface area contributed by atoms with E-state index in [9.17, 15) is 10.1 Å². The molecule has 0 spiro atoms. The van der Waals surface area contributed by atoms with Gasteiger partial charge in [-0.1, -0.05) is 6.07 Å². The van der Waals surface area contributed by atoms with E-state index in [0.717, 1.165) is 22.4 Å². The molecule has 0 saturated heterocycles. The van der Waals surface area contributed by atoms with Crippen LogP contribution in [0.3, 0.4) is 0 Å². The number of carbonyl (C=O) groups is 1. The third-order valence-corrected chi connectivity index (χ3v) is 3.86. The van der Waals surface area contributed by atoms with Gasteiger partial charge in [0.25, 0.3) is 5.91 Å². The van der Waals surface area contributed by atoms with Crippen molar-refractivity contribution in [2.75, 3.05) is 5.32 Å². The van der Waals surface area contributed by atoms with E-state index in [1.54, 1.807) is 29.1 Å². The summed E-state index contributed by atoms with van der Waals surface area (Å²) >= 11 is 0. The molecule has 0 radical (unpaired) electrons. The fourth-order valence-corrected chi connectivity index (χ4v) is 2.65. The lowest BCUT2D eigenvalue weighted by Gasteiger charge is -2.08. The van der Waals surface area contributed by atoms with Gasteiger partial charge in [-0.05, 0) is 49.2 Å². The topological polar surface area (TPSA) is 83.6 Å². The molecule has 25 heavy (non-hydrogen) atoms. The molecule has 3 rings (SSSR count). The number of benzene rings is 1. The summed E-state index contributed by atoms with van der Waals surface area (Å²) in [5.74, 6) is -0.356. The standard InChI is InChI=1S/C19H17N5O/c1-12-4-5-15(10-20)17(8-12)22-19(25)18-9-14(6-7-21-18)16-11-24(3)23-13(16)2/h4-9,11H,1-3H3,(H,22,25). The minimum atomic E-state index is -0.356. The van der Waals surface area contributed by atoms with Crippen LogP contribution < -0.4 is 5.32 Å². The molecule has 0 aliphatic carbocycles. The van der Waals surface area contributed by atoms with Gasteiger partial charge in [0.05, 0.1) is 16.9 Å². The number of amides is 1. The van der Waals surface area contributed by atoms with Gasteiger partial charge in [0.2, 0.25) is 0 Å². The Morgan fingerprint density at radius 1 is 1.24 bits per heavy atom. The van der Waals surface area contributed by atoms with E-state index in [4.69, 9.17) is 0 Å². The van der Waals surface area contributed by atoms with Gasteiger partial charge in [-0.25, -0.2) is 0 Å². The predicted octanol–water partition coefficient (Wildman–Crippen LogP) is 3.22. The second-order valence-corrected chi connectivity index (χ2v) is 5.85. The van der Waals surface area contributed by atoms with Crippen LogP contribution in [0.15, 0.2) is 42.7 Å². The van der Waals surface area contributed by atoms with Gasteiger partial charge < -0.3 is 5.32 Å². The summed E-state index contributed by atoms with van der Waals surface area (Å²) in [6.07, 6.45) is 3.50. The molecule has 3 aromatic rings. The van der Waals surface area contributed by atoms with E-state index in [2.05, 4.69) is 21.5 Å². The summed E-state index contributed by atoms with van der Waals surface area (Å²) in [4.78, 5) is 16.7. The maximum atomic E-state index is 12.6. The van der Waals surface area contributed by atoms with Crippen molar-refractivity contribution in [3.05, 3.63) is 65.2 Å². The minimum absolute atomic E-state index is 0.283. The summed E-state index contributed by atoms with van der Waals surface area (Å²) in [6.45, 7) is 3.82. The number of nitriles is 1. The first-order valence-corrected chi connectivity index (χ1v) is 7.76. The minimum Gasteiger partial charge on any atom is -0.319 e. The first-order valence-electron chi connectivity index (χ1n) is 7.76. The number of rotatable bonds is 3. The van der Waals surface area contributed by atoms with Crippen LogP contribution in [0.25, 0.3) is 11.1 Å². The number of aromatic nitrogens is 3. The van der Waals surface area contributed by atoms with E-state index in [1.165, 1.54) is 0 Å². The van der Waals surface area contributed by atoms with Crippen LogP contribution in [0.5, 0.6) is 0 Å². The Morgan fingerprint density at radius 2 is 2.04 bits per heavy atom. The summed E-state index contributed by atoms with van der Waals surface area (Å²) in [5.41, 5.74) is 4.84. The highest BCUT2D eigenvalue weighted by Gasteiger charge is 2.13. The molecule has 1 aromatic carbocycles. The quantitative estimate of drug-likeness (QED) is 0.798. The van der Waals surface area contributed by atoms with Crippen molar-refractivity contribution in [3.63, 3.8) is 0 Å². The van der Waals surface area contributed by atoms with E-state index < -0.39 is 0 Å². The number of anilines is 1. The Morgan fingerprint density at radius 3 is 2.72 bits per heavy atom. The molecule has 2 heterocycles. The summed E-state index contributed by atoms with van der Waals surface area (Å²) in [5, 5.41) is 16.3. The maximum absolute atomic E-state index is 12.6. The fraction of sp³-hybridized carbons (Fsp3) is 0.158. The largest absolute Gasteiger partial charge is 0.319 e. The zero-order chi connectivity index (χ0) is 18.0. The van der Waals surface area contributed by atoms with Gasteiger partial charge in [0, 0.05) is 25.0 Å². The average Bonchev–Trinajstić information content (AvgIpc) is 2.93. The molecule has 6 heteroatoms. The number of nitrogens with one attached hydrogen (secondary N) is 1. The van der Waals surface area contributed by atoms with Gasteiger partial charge >= 0.3 is 0 Å².